The van der Waals surface area contributed by atoms with Gasteiger partial charge in [0.15, 0.2) is 0 Å². The molecule has 294 valence electrons. The molecule has 0 aliphatic rings. The summed E-state index contributed by atoms with van der Waals surface area (Å²) in [5.74, 6) is 4.43. The highest BCUT2D eigenvalue weighted by Crippen LogP contribution is 2.11. The van der Waals surface area contributed by atoms with Gasteiger partial charge < -0.3 is 14.2 Å². The van der Waals surface area contributed by atoms with Crippen LogP contribution < -0.4 is 17.1 Å². The van der Waals surface area contributed by atoms with E-state index in [4.69, 9.17) is 14.2 Å². The van der Waals surface area contributed by atoms with Crippen molar-refractivity contribution in [2.45, 2.75) is 137 Å². The quantitative estimate of drug-likeness (QED) is 0.0475. The van der Waals surface area contributed by atoms with Crippen LogP contribution in [0.1, 0.15) is 117 Å². The van der Waals surface area contributed by atoms with Gasteiger partial charge in [-0.1, -0.05) is 59.3 Å². The van der Waals surface area contributed by atoms with Gasteiger partial charge in [-0.2, -0.15) is 35.3 Å². The number of hydrogen-bond acceptors (Lipinski definition) is 12. The van der Waals surface area contributed by atoms with Crippen molar-refractivity contribution < 1.29 is 28.6 Å². The van der Waals surface area contributed by atoms with E-state index in [1.807, 2.05) is 0 Å². The standard InChI is InChI=1S/C36H63N3O9S3/c1-4-7-10-25-49-28-13-16-31(40)46-22-19-37-34(43)38(20-23-47-32(41)17-14-29-50-26-11-8-5-2)36(45)39(35(37)44)21-24-48-33(42)18-15-30-51-27-12-9-6-3/h4-30H2,1-3H3. The van der Waals surface area contributed by atoms with E-state index in [2.05, 4.69) is 20.8 Å². The van der Waals surface area contributed by atoms with E-state index in [1.54, 1.807) is 35.3 Å². The van der Waals surface area contributed by atoms with E-state index >= 15 is 0 Å². The lowest BCUT2D eigenvalue weighted by Crippen LogP contribution is -2.55. The zero-order chi connectivity index (χ0) is 37.5. The predicted octanol–water partition coefficient (Wildman–Crippen LogP) is 5.91. The number of unbranched alkanes of at least 4 members (excludes halogenated alkanes) is 6. The number of carbonyl (C=O) groups is 3. The smallest absolute Gasteiger partial charge is 0.336 e. The molecule has 0 aliphatic carbocycles. The van der Waals surface area contributed by atoms with Gasteiger partial charge in [0.1, 0.15) is 19.8 Å². The second-order valence-electron chi connectivity index (χ2n) is 12.2. The molecule has 0 fully saturated rings. The first-order valence-corrected chi connectivity index (χ1v) is 22.4. The second-order valence-corrected chi connectivity index (χ2v) is 15.9. The second kappa shape index (κ2) is 31.4. The molecule has 0 spiro atoms. The third-order valence-electron chi connectivity index (χ3n) is 7.80. The summed E-state index contributed by atoms with van der Waals surface area (Å²) < 4.78 is 18.4. The largest absolute Gasteiger partial charge is 0.464 e. The maximum atomic E-state index is 13.3. The molecule has 1 rings (SSSR count). The number of ether oxygens (including phenoxy) is 3. The molecule has 0 N–H and O–H groups in total. The highest BCUT2D eigenvalue weighted by molar-refractivity contribution is 7.99. The number of carbonyl (C=O) groups excluding carboxylic acids is 3. The maximum absolute atomic E-state index is 13.3. The van der Waals surface area contributed by atoms with Crippen LogP contribution in [-0.2, 0) is 48.2 Å². The molecule has 1 heterocycles. The zero-order valence-electron chi connectivity index (χ0n) is 31.3. The summed E-state index contributed by atoms with van der Waals surface area (Å²) in [4.78, 5) is 76.8. The number of rotatable bonds is 33. The van der Waals surface area contributed by atoms with Crippen LogP contribution in [0.3, 0.4) is 0 Å². The molecule has 0 saturated heterocycles. The predicted molar refractivity (Wildman–Crippen MR) is 210 cm³/mol. The minimum absolute atomic E-state index is 0.227. The average molecular weight is 778 g/mol. The van der Waals surface area contributed by atoms with Crippen molar-refractivity contribution in [3.8, 4) is 0 Å². The number of nitrogens with zero attached hydrogens (tertiary/aromatic N) is 3. The summed E-state index contributed by atoms with van der Waals surface area (Å²) in [5.41, 5.74) is -2.68. The molecule has 0 amide bonds. The summed E-state index contributed by atoms with van der Waals surface area (Å²) >= 11 is 5.41. The first-order chi connectivity index (χ1) is 24.8. The van der Waals surface area contributed by atoms with Gasteiger partial charge in [-0.3, -0.25) is 14.4 Å². The third-order valence-corrected chi connectivity index (χ3v) is 11.3. The molecule has 0 unspecified atom stereocenters. The molecular weight excluding hydrogens is 715 g/mol. The molecule has 0 aromatic carbocycles. The van der Waals surface area contributed by atoms with Gasteiger partial charge >= 0.3 is 35.0 Å². The minimum Gasteiger partial charge on any atom is -0.464 e. The van der Waals surface area contributed by atoms with E-state index in [9.17, 15) is 28.8 Å². The van der Waals surface area contributed by atoms with E-state index in [1.165, 1.54) is 19.3 Å². The summed E-state index contributed by atoms with van der Waals surface area (Å²) in [5, 5.41) is 0. The normalized spacial score (nSPS) is 11.1. The molecule has 1 aromatic rings. The fraction of sp³-hybridized carbons (Fsp3) is 0.833. The Labute approximate surface area is 316 Å². The molecule has 0 radical (unpaired) electrons. The van der Waals surface area contributed by atoms with Gasteiger partial charge in [0.2, 0.25) is 0 Å². The fourth-order valence-electron chi connectivity index (χ4n) is 4.85. The maximum Gasteiger partial charge on any atom is 0.336 e. The Bertz CT molecular complexity index is 1100. The van der Waals surface area contributed by atoms with Crippen LogP contribution in [0.4, 0.5) is 0 Å². The Morgan fingerprint density at radius 3 is 0.941 bits per heavy atom. The topological polar surface area (TPSA) is 145 Å². The van der Waals surface area contributed by atoms with Gasteiger partial charge in [-0.05, 0) is 73.0 Å². The first-order valence-electron chi connectivity index (χ1n) is 18.9. The Morgan fingerprint density at radius 1 is 0.431 bits per heavy atom. The summed E-state index contributed by atoms with van der Waals surface area (Å²) in [7, 11) is 0. The van der Waals surface area contributed by atoms with Crippen molar-refractivity contribution in [3.05, 3.63) is 31.5 Å². The molecule has 0 atom stereocenters. The van der Waals surface area contributed by atoms with E-state index in [-0.39, 0.29) is 58.7 Å². The molecule has 51 heavy (non-hydrogen) atoms. The van der Waals surface area contributed by atoms with Crippen molar-refractivity contribution >= 4 is 53.2 Å². The molecule has 0 aliphatic heterocycles. The number of esters is 3. The summed E-state index contributed by atoms with van der Waals surface area (Å²) in [6.07, 6.45) is 13.2. The van der Waals surface area contributed by atoms with Crippen LogP contribution in [0.5, 0.6) is 0 Å². The molecule has 0 bridgehead atoms. The highest BCUT2D eigenvalue weighted by atomic mass is 32.2. The molecule has 1 aromatic heterocycles. The average Bonchev–Trinajstić information content (AvgIpc) is 3.11. The van der Waals surface area contributed by atoms with Crippen LogP contribution >= 0.6 is 35.3 Å². The van der Waals surface area contributed by atoms with Crippen molar-refractivity contribution in [3.63, 3.8) is 0 Å². The Balaban J connectivity index is 2.80. The van der Waals surface area contributed by atoms with E-state index < -0.39 is 35.0 Å². The lowest BCUT2D eigenvalue weighted by atomic mass is 10.3. The van der Waals surface area contributed by atoms with Gasteiger partial charge in [-0.25, -0.2) is 28.1 Å². The van der Waals surface area contributed by atoms with E-state index in [0.29, 0.717) is 19.3 Å². The van der Waals surface area contributed by atoms with Crippen LogP contribution in [0.15, 0.2) is 14.4 Å². The van der Waals surface area contributed by atoms with Crippen molar-refractivity contribution in [1.29, 1.82) is 0 Å². The molecular formula is C36H63N3O9S3. The summed E-state index contributed by atoms with van der Waals surface area (Å²) in [6.45, 7) is 4.99. The molecule has 15 heteroatoms. The van der Waals surface area contributed by atoms with Crippen LogP contribution in [0.25, 0.3) is 0 Å². The van der Waals surface area contributed by atoms with Crippen LogP contribution in [0, 0.1) is 0 Å². The Kier molecular flexibility index (Phi) is 28.9. The van der Waals surface area contributed by atoms with Crippen molar-refractivity contribution in [2.75, 3.05) is 54.3 Å². The van der Waals surface area contributed by atoms with Gasteiger partial charge in [0.25, 0.3) is 0 Å². The lowest BCUT2D eigenvalue weighted by molar-refractivity contribution is -0.144. The van der Waals surface area contributed by atoms with Gasteiger partial charge in [0.05, 0.1) is 19.6 Å². The first kappa shape index (κ1) is 46.9. The SMILES string of the molecule is CCCCCSCCCC(=O)OCCn1c(=O)n(CCOC(=O)CCCSCCCCC)c(=O)n(CCOC(=O)CCCSCCCCC)c1=O. The third kappa shape index (κ3) is 22.5. The van der Waals surface area contributed by atoms with Crippen LogP contribution in [0.2, 0.25) is 0 Å². The Morgan fingerprint density at radius 2 is 0.686 bits per heavy atom. The monoisotopic (exact) mass is 777 g/mol. The van der Waals surface area contributed by atoms with Crippen molar-refractivity contribution in [2.24, 2.45) is 0 Å². The van der Waals surface area contributed by atoms with Gasteiger partial charge in [-0.15, -0.1) is 0 Å². The van der Waals surface area contributed by atoms with Crippen molar-refractivity contribution in [1.82, 2.24) is 13.7 Å². The molecule has 12 nitrogen and oxygen atoms in total. The number of aromatic nitrogens is 3. The fourth-order valence-corrected chi connectivity index (χ4v) is 7.73. The van der Waals surface area contributed by atoms with E-state index in [0.717, 1.165) is 86.7 Å². The minimum atomic E-state index is -0.895. The molecule has 0 saturated carbocycles. The Hall–Kier alpha value is -2.13. The zero-order valence-corrected chi connectivity index (χ0v) is 33.8. The number of hydrogen-bond donors (Lipinski definition) is 0. The highest BCUT2D eigenvalue weighted by Gasteiger charge is 2.17. The summed E-state index contributed by atoms with van der Waals surface area (Å²) in [6, 6.07) is 0. The lowest BCUT2D eigenvalue weighted by Gasteiger charge is -2.14. The number of thioether (sulfide) groups is 3. The van der Waals surface area contributed by atoms with Crippen LogP contribution in [-0.4, -0.2) is 85.9 Å². The van der Waals surface area contributed by atoms with Gasteiger partial charge in [0, 0.05) is 19.3 Å².